The van der Waals surface area contributed by atoms with Crippen LogP contribution in [0.2, 0.25) is 0 Å². The Labute approximate surface area is 124 Å². The highest BCUT2D eigenvalue weighted by Crippen LogP contribution is 2.30. The van der Waals surface area contributed by atoms with E-state index in [2.05, 4.69) is 31.4 Å². The lowest BCUT2D eigenvalue weighted by molar-refractivity contribution is -0.385. The molecule has 1 heterocycles. The van der Waals surface area contributed by atoms with Gasteiger partial charge < -0.3 is 9.88 Å². The molecule has 0 spiro atoms. The molecule has 2 rings (SSSR count). The first-order valence-electron chi connectivity index (χ1n) is 6.08. The predicted molar refractivity (Wildman–Crippen MR) is 78.6 cm³/mol. The lowest BCUT2D eigenvalue weighted by Gasteiger charge is -2.10. The van der Waals surface area contributed by atoms with Crippen LogP contribution in [0.25, 0.3) is 0 Å². The lowest BCUT2D eigenvalue weighted by Crippen LogP contribution is -2.08. The van der Waals surface area contributed by atoms with E-state index in [9.17, 15) is 10.1 Å². The summed E-state index contributed by atoms with van der Waals surface area (Å²) in [6, 6.07) is 3.25. The molecule has 0 aliphatic rings. The smallest absolute Gasteiger partial charge is 0.273 e. The zero-order valence-corrected chi connectivity index (χ0v) is 12.7. The van der Waals surface area contributed by atoms with Crippen LogP contribution in [0, 0.1) is 17.0 Å². The van der Waals surface area contributed by atoms with E-state index in [1.54, 1.807) is 19.3 Å². The summed E-state index contributed by atoms with van der Waals surface area (Å²) in [6.07, 6.45) is 1.67. The van der Waals surface area contributed by atoms with E-state index in [1.807, 2.05) is 11.5 Å². The standard InChI is InChI=1S/C12H14BrN5O2/c1-3-17-7-15-16-12(17)6-14-10-4-8(2)11(18(19)20)5-9(10)13/h4-5,7,14H,3,6H2,1-2H3. The number of nitrogens with one attached hydrogen (secondary N) is 1. The first-order valence-corrected chi connectivity index (χ1v) is 6.87. The Bertz CT molecular complexity index is 641. The van der Waals surface area contributed by atoms with Crippen molar-refractivity contribution in [2.75, 3.05) is 5.32 Å². The molecular weight excluding hydrogens is 326 g/mol. The van der Waals surface area contributed by atoms with Crippen molar-refractivity contribution in [3.63, 3.8) is 0 Å². The number of rotatable bonds is 5. The molecule has 0 saturated heterocycles. The van der Waals surface area contributed by atoms with Gasteiger partial charge in [0.1, 0.15) is 6.33 Å². The van der Waals surface area contributed by atoms with Crippen molar-refractivity contribution in [3.05, 3.63) is 44.4 Å². The van der Waals surface area contributed by atoms with Gasteiger partial charge in [-0.15, -0.1) is 10.2 Å². The van der Waals surface area contributed by atoms with Gasteiger partial charge in [0.2, 0.25) is 0 Å². The Hall–Kier alpha value is -1.96. The summed E-state index contributed by atoms with van der Waals surface area (Å²) >= 11 is 3.34. The number of hydrogen-bond acceptors (Lipinski definition) is 5. The maximum absolute atomic E-state index is 10.9. The van der Waals surface area contributed by atoms with E-state index in [0.29, 0.717) is 16.6 Å². The SMILES string of the molecule is CCn1cnnc1CNc1cc(C)c([N+](=O)[O-])cc1Br. The highest BCUT2D eigenvalue weighted by atomic mass is 79.9. The minimum atomic E-state index is -0.391. The second-order valence-corrected chi connectivity index (χ2v) is 5.12. The fraction of sp³-hybridized carbons (Fsp3) is 0.333. The molecule has 106 valence electrons. The van der Waals surface area contributed by atoms with Crippen LogP contribution in [-0.2, 0) is 13.1 Å². The van der Waals surface area contributed by atoms with Gasteiger partial charge in [-0.3, -0.25) is 10.1 Å². The van der Waals surface area contributed by atoms with E-state index in [1.165, 1.54) is 6.07 Å². The van der Waals surface area contributed by atoms with Crippen LogP contribution in [0.5, 0.6) is 0 Å². The normalized spacial score (nSPS) is 10.6. The third kappa shape index (κ3) is 2.96. The molecule has 0 atom stereocenters. The van der Waals surface area contributed by atoms with Gasteiger partial charge in [0.25, 0.3) is 5.69 Å². The molecule has 0 bridgehead atoms. The third-order valence-corrected chi connectivity index (χ3v) is 3.61. The summed E-state index contributed by atoms with van der Waals surface area (Å²) < 4.78 is 2.58. The monoisotopic (exact) mass is 339 g/mol. The van der Waals surface area contributed by atoms with Crippen LogP contribution in [0.4, 0.5) is 11.4 Å². The zero-order valence-electron chi connectivity index (χ0n) is 11.1. The first kappa shape index (κ1) is 14.4. The van der Waals surface area contributed by atoms with E-state index < -0.39 is 4.92 Å². The second kappa shape index (κ2) is 6.00. The van der Waals surface area contributed by atoms with E-state index in [-0.39, 0.29) is 5.69 Å². The Morgan fingerprint density at radius 3 is 2.90 bits per heavy atom. The quantitative estimate of drug-likeness (QED) is 0.668. The minimum Gasteiger partial charge on any atom is -0.377 e. The average Bonchev–Trinajstić information content (AvgIpc) is 2.86. The van der Waals surface area contributed by atoms with Crippen molar-refractivity contribution >= 4 is 27.3 Å². The van der Waals surface area contributed by atoms with E-state index in [4.69, 9.17) is 0 Å². The molecule has 1 N–H and O–H groups in total. The lowest BCUT2D eigenvalue weighted by atomic mass is 10.2. The molecular formula is C12H14BrN5O2. The van der Waals surface area contributed by atoms with Gasteiger partial charge in [-0.25, -0.2) is 0 Å². The number of hydrogen-bond donors (Lipinski definition) is 1. The van der Waals surface area contributed by atoms with Gasteiger partial charge in [0.15, 0.2) is 5.82 Å². The third-order valence-electron chi connectivity index (χ3n) is 2.96. The summed E-state index contributed by atoms with van der Waals surface area (Å²) in [5.41, 5.74) is 1.50. The fourth-order valence-corrected chi connectivity index (χ4v) is 2.33. The highest BCUT2D eigenvalue weighted by molar-refractivity contribution is 9.10. The van der Waals surface area contributed by atoms with E-state index in [0.717, 1.165) is 18.1 Å². The molecule has 0 aliphatic heterocycles. The molecule has 1 aromatic heterocycles. The van der Waals surface area contributed by atoms with Gasteiger partial charge in [0.05, 0.1) is 11.5 Å². The van der Waals surface area contributed by atoms with Crippen LogP contribution in [0.3, 0.4) is 0 Å². The van der Waals surface area contributed by atoms with Crippen molar-refractivity contribution < 1.29 is 4.92 Å². The molecule has 8 heteroatoms. The van der Waals surface area contributed by atoms with Crippen molar-refractivity contribution in [2.45, 2.75) is 26.9 Å². The number of aromatic nitrogens is 3. The average molecular weight is 340 g/mol. The van der Waals surface area contributed by atoms with Crippen LogP contribution in [-0.4, -0.2) is 19.7 Å². The summed E-state index contributed by atoms with van der Waals surface area (Å²) in [7, 11) is 0. The maximum Gasteiger partial charge on any atom is 0.273 e. The number of nitrogens with zero attached hydrogens (tertiary/aromatic N) is 4. The molecule has 0 amide bonds. The molecule has 1 aromatic carbocycles. The molecule has 0 unspecified atom stereocenters. The number of benzene rings is 1. The fourth-order valence-electron chi connectivity index (χ4n) is 1.86. The largest absolute Gasteiger partial charge is 0.377 e. The summed E-state index contributed by atoms with van der Waals surface area (Å²) in [4.78, 5) is 10.5. The van der Waals surface area contributed by atoms with Crippen LogP contribution >= 0.6 is 15.9 Å². The summed E-state index contributed by atoms with van der Waals surface area (Å²) in [5.74, 6) is 0.815. The van der Waals surface area contributed by atoms with Gasteiger partial charge in [-0.2, -0.15) is 0 Å². The Morgan fingerprint density at radius 2 is 2.25 bits per heavy atom. The summed E-state index contributed by atoms with van der Waals surface area (Å²) in [5, 5.41) is 21.9. The maximum atomic E-state index is 10.9. The van der Waals surface area contributed by atoms with Gasteiger partial charge in [0, 0.05) is 28.3 Å². The minimum absolute atomic E-state index is 0.0964. The van der Waals surface area contributed by atoms with Crippen LogP contribution < -0.4 is 5.32 Å². The van der Waals surface area contributed by atoms with Gasteiger partial charge in [-0.1, -0.05) is 0 Å². The molecule has 0 aliphatic carbocycles. The van der Waals surface area contributed by atoms with Crippen LogP contribution in [0.1, 0.15) is 18.3 Å². The van der Waals surface area contributed by atoms with Gasteiger partial charge in [-0.05, 0) is 35.8 Å². The summed E-state index contributed by atoms with van der Waals surface area (Å²) in [6.45, 7) is 5.03. The topological polar surface area (TPSA) is 85.9 Å². The van der Waals surface area contributed by atoms with Crippen molar-refractivity contribution in [1.82, 2.24) is 14.8 Å². The Balaban J connectivity index is 2.18. The van der Waals surface area contributed by atoms with Gasteiger partial charge >= 0.3 is 0 Å². The molecule has 2 aromatic rings. The second-order valence-electron chi connectivity index (χ2n) is 4.26. The highest BCUT2D eigenvalue weighted by Gasteiger charge is 2.14. The number of halogens is 1. The number of nitro groups is 1. The number of nitro benzene ring substituents is 1. The van der Waals surface area contributed by atoms with Crippen LogP contribution in [0.15, 0.2) is 22.9 Å². The van der Waals surface area contributed by atoms with E-state index >= 15 is 0 Å². The molecule has 0 radical (unpaired) electrons. The zero-order chi connectivity index (χ0) is 14.7. The molecule has 0 saturated carbocycles. The molecule has 7 nitrogen and oxygen atoms in total. The molecule has 20 heavy (non-hydrogen) atoms. The Kier molecular flexibility index (Phi) is 4.33. The number of anilines is 1. The van der Waals surface area contributed by atoms with Crippen molar-refractivity contribution in [3.8, 4) is 0 Å². The van der Waals surface area contributed by atoms with Crippen molar-refractivity contribution in [1.29, 1.82) is 0 Å². The predicted octanol–water partition coefficient (Wildman–Crippen LogP) is 2.89. The Morgan fingerprint density at radius 1 is 1.50 bits per heavy atom. The first-order chi connectivity index (χ1) is 9.52. The van der Waals surface area contributed by atoms with Crippen molar-refractivity contribution in [2.24, 2.45) is 0 Å². The number of aryl methyl sites for hydroxylation is 2. The molecule has 0 fully saturated rings.